The van der Waals surface area contributed by atoms with Crippen LogP contribution < -0.4 is 5.32 Å². The third-order valence-corrected chi connectivity index (χ3v) is 4.51. The fourth-order valence-electron chi connectivity index (χ4n) is 2.43. The molecule has 1 aromatic heterocycles. The predicted octanol–water partition coefficient (Wildman–Crippen LogP) is 2.61. The summed E-state index contributed by atoms with van der Waals surface area (Å²) in [5, 5.41) is 7.06. The maximum Gasteiger partial charge on any atom is 0.0348 e. The van der Waals surface area contributed by atoms with Gasteiger partial charge in [-0.1, -0.05) is 12.1 Å². The van der Waals surface area contributed by atoms with Gasteiger partial charge in [0, 0.05) is 37.4 Å². The van der Waals surface area contributed by atoms with Crippen LogP contribution in [0.25, 0.3) is 10.1 Å². The topological polar surface area (TPSA) is 15.3 Å². The summed E-state index contributed by atoms with van der Waals surface area (Å²) in [7, 11) is 0. The minimum Gasteiger partial charge on any atom is -0.314 e. The van der Waals surface area contributed by atoms with E-state index in [1.54, 1.807) is 0 Å². The van der Waals surface area contributed by atoms with Crippen molar-refractivity contribution in [3.63, 3.8) is 0 Å². The van der Waals surface area contributed by atoms with E-state index in [9.17, 15) is 0 Å². The van der Waals surface area contributed by atoms with Gasteiger partial charge < -0.3 is 5.32 Å². The number of hydrogen-bond acceptors (Lipinski definition) is 3. The standard InChI is InChI=1S/C14H18N2S/c1-11-10-17-14-8-12(2-3-13(11)14)9-16-6-4-15-5-7-16/h2-3,8,10,15H,4-7,9H2,1H3. The van der Waals surface area contributed by atoms with Crippen LogP contribution in [-0.4, -0.2) is 31.1 Å². The summed E-state index contributed by atoms with van der Waals surface area (Å²) in [6, 6.07) is 6.91. The number of benzene rings is 1. The monoisotopic (exact) mass is 246 g/mol. The molecule has 0 radical (unpaired) electrons. The molecule has 0 aliphatic carbocycles. The molecule has 3 rings (SSSR count). The first-order chi connectivity index (χ1) is 8.33. The summed E-state index contributed by atoms with van der Waals surface area (Å²) in [5.74, 6) is 0. The number of fused-ring (bicyclic) bond motifs is 1. The molecule has 0 spiro atoms. The Hall–Kier alpha value is -0.900. The summed E-state index contributed by atoms with van der Waals surface area (Å²) in [6.07, 6.45) is 0. The van der Waals surface area contributed by atoms with Crippen LogP contribution in [0.4, 0.5) is 0 Å². The predicted molar refractivity (Wildman–Crippen MR) is 74.7 cm³/mol. The molecule has 2 nitrogen and oxygen atoms in total. The Bertz CT molecular complexity index is 512. The van der Waals surface area contributed by atoms with Gasteiger partial charge in [0.1, 0.15) is 0 Å². The van der Waals surface area contributed by atoms with Crippen molar-refractivity contribution >= 4 is 21.4 Å². The van der Waals surface area contributed by atoms with Crippen LogP contribution >= 0.6 is 11.3 Å². The first-order valence-corrected chi connectivity index (χ1v) is 7.11. The molecule has 1 N–H and O–H groups in total. The van der Waals surface area contributed by atoms with Crippen LogP contribution in [0.5, 0.6) is 0 Å². The van der Waals surface area contributed by atoms with E-state index >= 15 is 0 Å². The van der Waals surface area contributed by atoms with Crippen molar-refractivity contribution in [2.45, 2.75) is 13.5 Å². The quantitative estimate of drug-likeness (QED) is 0.876. The van der Waals surface area contributed by atoms with Crippen molar-refractivity contribution in [1.82, 2.24) is 10.2 Å². The molecule has 1 fully saturated rings. The second-order valence-corrected chi connectivity index (χ2v) is 5.69. The summed E-state index contributed by atoms with van der Waals surface area (Å²) in [5.41, 5.74) is 2.85. The third-order valence-electron chi connectivity index (χ3n) is 3.45. The molecule has 1 aliphatic rings. The van der Waals surface area contributed by atoms with Gasteiger partial charge in [0.25, 0.3) is 0 Å². The highest BCUT2D eigenvalue weighted by Crippen LogP contribution is 2.26. The lowest BCUT2D eigenvalue weighted by atomic mass is 10.1. The molecule has 1 aromatic carbocycles. The van der Waals surface area contributed by atoms with E-state index in [2.05, 4.69) is 40.7 Å². The van der Waals surface area contributed by atoms with E-state index in [0.717, 1.165) is 19.6 Å². The molecule has 0 bridgehead atoms. The number of aryl methyl sites for hydroxylation is 1. The second-order valence-electron chi connectivity index (χ2n) is 4.78. The smallest absolute Gasteiger partial charge is 0.0348 e. The van der Waals surface area contributed by atoms with Crippen molar-refractivity contribution in [2.75, 3.05) is 26.2 Å². The SMILES string of the molecule is Cc1csc2cc(CN3CCNCC3)ccc12. The van der Waals surface area contributed by atoms with Crippen LogP contribution in [0.3, 0.4) is 0 Å². The molecule has 1 saturated heterocycles. The van der Waals surface area contributed by atoms with Gasteiger partial charge in [-0.05, 0) is 34.9 Å². The number of thiophene rings is 1. The maximum atomic E-state index is 3.39. The second kappa shape index (κ2) is 4.77. The number of nitrogens with zero attached hydrogens (tertiary/aromatic N) is 1. The fraction of sp³-hybridized carbons (Fsp3) is 0.429. The highest BCUT2D eigenvalue weighted by Gasteiger charge is 2.10. The lowest BCUT2D eigenvalue weighted by Crippen LogP contribution is -2.42. The van der Waals surface area contributed by atoms with E-state index in [0.29, 0.717) is 0 Å². The summed E-state index contributed by atoms with van der Waals surface area (Å²) in [4.78, 5) is 2.53. The van der Waals surface area contributed by atoms with Gasteiger partial charge in [0.05, 0.1) is 0 Å². The number of hydrogen-bond donors (Lipinski definition) is 1. The average Bonchev–Trinajstić information content (AvgIpc) is 2.72. The normalized spacial score (nSPS) is 17.7. The van der Waals surface area contributed by atoms with Crippen molar-refractivity contribution < 1.29 is 0 Å². The van der Waals surface area contributed by atoms with Gasteiger partial charge in [-0.15, -0.1) is 11.3 Å². The first kappa shape index (κ1) is 11.2. The Morgan fingerprint density at radius 3 is 2.94 bits per heavy atom. The molecule has 0 saturated carbocycles. The third kappa shape index (κ3) is 2.37. The van der Waals surface area contributed by atoms with Gasteiger partial charge in [-0.2, -0.15) is 0 Å². The molecule has 0 amide bonds. The number of piperazine rings is 1. The van der Waals surface area contributed by atoms with E-state index in [-0.39, 0.29) is 0 Å². The Kier molecular flexibility index (Phi) is 3.14. The molecule has 1 aliphatic heterocycles. The van der Waals surface area contributed by atoms with E-state index in [4.69, 9.17) is 0 Å². The molecule has 3 heteroatoms. The summed E-state index contributed by atoms with van der Waals surface area (Å²) in [6.45, 7) is 7.87. The molecule has 2 aromatic rings. The lowest BCUT2D eigenvalue weighted by Gasteiger charge is -2.27. The number of nitrogens with one attached hydrogen (secondary N) is 1. The van der Waals surface area contributed by atoms with E-state index in [1.807, 2.05) is 11.3 Å². The lowest BCUT2D eigenvalue weighted by molar-refractivity contribution is 0.233. The Morgan fingerprint density at radius 1 is 1.29 bits per heavy atom. The molecular weight excluding hydrogens is 228 g/mol. The minimum atomic E-state index is 1.09. The average molecular weight is 246 g/mol. The fourth-order valence-corrected chi connectivity index (χ4v) is 3.44. The molecule has 90 valence electrons. The Morgan fingerprint density at radius 2 is 2.12 bits per heavy atom. The molecular formula is C14H18N2S. The van der Waals surface area contributed by atoms with E-state index in [1.165, 1.54) is 34.3 Å². The number of rotatable bonds is 2. The maximum absolute atomic E-state index is 3.39. The van der Waals surface area contributed by atoms with Crippen molar-refractivity contribution in [3.05, 3.63) is 34.7 Å². The van der Waals surface area contributed by atoms with Crippen LogP contribution in [0.15, 0.2) is 23.6 Å². The van der Waals surface area contributed by atoms with Gasteiger partial charge in [0.2, 0.25) is 0 Å². The zero-order valence-corrected chi connectivity index (χ0v) is 11.0. The molecule has 0 atom stereocenters. The van der Waals surface area contributed by atoms with Crippen molar-refractivity contribution in [1.29, 1.82) is 0 Å². The Labute approximate surface area is 106 Å². The van der Waals surface area contributed by atoms with Crippen LogP contribution in [0.2, 0.25) is 0 Å². The van der Waals surface area contributed by atoms with Crippen molar-refractivity contribution in [3.8, 4) is 0 Å². The zero-order valence-electron chi connectivity index (χ0n) is 10.2. The zero-order chi connectivity index (χ0) is 11.7. The van der Waals surface area contributed by atoms with Gasteiger partial charge in [-0.3, -0.25) is 4.90 Å². The minimum absolute atomic E-state index is 1.09. The van der Waals surface area contributed by atoms with E-state index < -0.39 is 0 Å². The van der Waals surface area contributed by atoms with Crippen LogP contribution in [0.1, 0.15) is 11.1 Å². The first-order valence-electron chi connectivity index (χ1n) is 6.23. The molecule has 17 heavy (non-hydrogen) atoms. The largest absolute Gasteiger partial charge is 0.314 e. The Balaban J connectivity index is 1.80. The summed E-state index contributed by atoms with van der Waals surface area (Å²) < 4.78 is 1.43. The van der Waals surface area contributed by atoms with Crippen LogP contribution in [0, 0.1) is 6.92 Å². The molecule has 2 heterocycles. The highest BCUT2D eigenvalue weighted by atomic mass is 32.1. The van der Waals surface area contributed by atoms with Gasteiger partial charge in [-0.25, -0.2) is 0 Å². The highest BCUT2D eigenvalue weighted by molar-refractivity contribution is 7.17. The van der Waals surface area contributed by atoms with Crippen LogP contribution in [-0.2, 0) is 6.54 Å². The van der Waals surface area contributed by atoms with Gasteiger partial charge in [0.15, 0.2) is 0 Å². The molecule has 0 unspecified atom stereocenters. The van der Waals surface area contributed by atoms with Gasteiger partial charge >= 0.3 is 0 Å². The summed E-state index contributed by atoms with van der Waals surface area (Å²) >= 11 is 1.86. The van der Waals surface area contributed by atoms with Crippen molar-refractivity contribution in [2.24, 2.45) is 0 Å².